The maximum Gasteiger partial charge on any atom is 0.252 e. The molecule has 0 atom stereocenters. The highest BCUT2D eigenvalue weighted by molar-refractivity contribution is 6.07. The van der Waals surface area contributed by atoms with Crippen molar-refractivity contribution in [3.8, 4) is 0 Å². The molecule has 0 saturated heterocycles. The predicted octanol–water partition coefficient (Wildman–Crippen LogP) is 3.88. The average molecular weight is 415 g/mol. The zero-order valence-electron chi connectivity index (χ0n) is 17.5. The Hall–Kier alpha value is -3.22. The Kier molecular flexibility index (Phi) is 4.47. The smallest absolute Gasteiger partial charge is 0.252 e. The van der Waals surface area contributed by atoms with E-state index in [9.17, 15) is 4.79 Å². The molecule has 2 aliphatic carbocycles. The summed E-state index contributed by atoms with van der Waals surface area (Å²) in [4.78, 5) is 26.2. The number of benzene rings is 1. The molecule has 1 saturated carbocycles. The molecule has 1 amide bonds. The van der Waals surface area contributed by atoms with Crippen LogP contribution in [0.15, 0.2) is 30.5 Å². The lowest BCUT2D eigenvalue weighted by atomic mass is 10.0. The van der Waals surface area contributed by atoms with Gasteiger partial charge in [-0.05, 0) is 49.8 Å². The first-order chi connectivity index (χ1) is 15.3. The quantitative estimate of drug-likeness (QED) is 0.519. The number of nitrogens with one attached hydrogen (secondary N) is 2. The molecule has 31 heavy (non-hydrogen) atoms. The Balaban J connectivity index is 1.27. The zero-order chi connectivity index (χ0) is 20.8. The van der Waals surface area contributed by atoms with Crippen molar-refractivity contribution in [2.24, 2.45) is 0 Å². The number of amides is 1. The minimum absolute atomic E-state index is 0.0207. The van der Waals surface area contributed by atoms with E-state index in [0.29, 0.717) is 19.0 Å². The highest BCUT2D eigenvalue weighted by Gasteiger charge is 2.28. The minimum Gasteiger partial charge on any atom is -0.352 e. The van der Waals surface area contributed by atoms with Crippen LogP contribution in [-0.2, 0) is 19.3 Å². The molecular weight excluding hydrogens is 388 g/mol. The summed E-state index contributed by atoms with van der Waals surface area (Å²) in [5.74, 6) is 0.869. The number of aryl methyl sites for hydroxylation is 1. The lowest BCUT2D eigenvalue weighted by molar-refractivity contribution is 0.0954. The summed E-state index contributed by atoms with van der Waals surface area (Å²) in [5.41, 5.74) is 5.84. The third kappa shape index (κ3) is 3.19. The highest BCUT2D eigenvalue weighted by atomic mass is 16.1. The van der Waals surface area contributed by atoms with Gasteiger partial charge in [0.25, 0.3) is 5.91 Å². The van der Waals surface area contributed by atoms with Gasteiger partial charge in [0.2, 0.25) is 0 Å². The highest BCUT2D eigenvalue weighted by Crippen LogP contribution is 2.35. The number of hydrogen-bond acceptors (Lipinski definition) is 4. The standard InChI is InChI=1S/C24H26N6O/c31-24(25-13-12-21-27-19-9-3-4-10-20(19)28-21)22-16-8-5-11-18(16)29-23-17(22)14-26-30(23)15-6-1-2-7-15/h3-4,9-10,14-15H,1-2,5-8,11-13H2,(H,25,31)(H,27,28). The van der Waals surface area contributed by atoms with Crippen molar-refractivity contribution < 1.29 is 4.79 Å². The second-order valence-electron chi connectivity index (χ2n) is 8.74. The van der Waals surface area contributed by atoms with Crippen LogP contribution in [0.5, 0.6) is 0 Å². The van der Waals surface area contributed by atoms with Crippen LogP contribution in [0.2, 0.25) is 0 Å². The zero-order valence-corrected chi connectivity index (χ0v) is 17.5. The van der Waals surface area contributed by atoms with Gasteiger partial charge in [-0.3, -0.25) is 4.79 Å². The summed E-state index contributed by atoms with van der Waals surface area (Å²) < 4.78 is 2.08. The first-order valence-electron chi connectivity index (χ1n) is 11.4. The van der Waals surface area contributed by atoms with E-state index in [0.717, 1.165) is 76.8 Å². The molecule has 0 bridgehead atoms. The fourth-order valence-corrected chi connectivity index (χ4v) is 5.24. The van der Waals surface area contributed by atoms with Crippen LogP contribution in [0.25, 0.3) is 22.1 Å². The lowest BCUT2D eigenvalue weighted by Gasteiger charge is -2.14. The number of imidazole rings is 1. The number of nitrogens with zero attached hydrogens (tertiary/aromatic N) is 4. The van der Waals surface area contributed by atoms with Gasteiger partial charge in [0.05, 0.1) is 34.2 Å². The van der Waals surface area contributed by atoms with E-state index < -0.39 is 0 Å². The maximum absolute atomic E-state index is 13.3. The van der Waals surface area contributed by atoms with Crippen LogP contribution >= 0.6 is 0 Å². The average Bonchev–Trinajstić information content (AvgIpc) is 3.57. The second kappa shape index (κ2) is 7.48. The number of rotatable bonds is 5. The van der Waals surface area contributed by atoms with Crippen molar-refractivity contribution in [3.05, 3.63) is 53.1 Å². The Labute approximate surface area is 180 Å². The van der Waals surface area contributed by atoms with Crippen molar-refractivity contribution in [1.82, 2.24) is 30.0 Å². The van der Waals surface area contributed by atoms with Crippen LogP contribution in [0.4, 0.5) is 0 Å². The SMILES string of the molecule is O=C(NCCc1nc2ccccc2[nH]1)c1c2c(nc3c1cnn3C1CCCC1)CCC2. The molecule has 158 valence electrons. The molecule has 1 aromatic carbocycles. The molecule has 0 radical (unpaired) electrons. The molecule has 2 N–H and O–H groups in total. The van der Waals surface area contributed by atoms with Gasteiger partial charge in [-0.25, -0.2) is 14.6 Å². The van der Waals surface area contributed by atoms with Crippen molar-refractivity contribution in [2.45, 2.75) is 57.4 Å². The normalized spacial score (nSPS) is 16.4. The van der Waals surface area contributed by atoms with Gasteiger partial charge in [-0.1, -0.05) is 25.0 Å². The lowest BCUT2D eigenvalue weighted by Crippen LogP contribution is -2.27. The Morgan fingerprint density at radius 3 is 2.87 bits per heavy atom. The summed E-state index contributed by atoms with van der Waals surface area (Å²) in [6, 6.07) is 8.40. The minimum atomic E-state index is -0.0207. The first kappa shape index (κ1) is 18.5. The van der Waals surface area contributed by atoms with Gasteiger partial charge in [0.15, 0.2) is 5.65 Å². The third-order valence-electron chi connectivity index (χ3n) is 6.75. The number of hydrogen-bond donors (Lipinski definition) is 2. The number of carbonyl (C=O) groups excluding carboxylic acids is 1. The molecule has 1 fully saturated rings. The molecule has 7 nitrogen and oxygen atoms in total. The number of fused-ring (bicyclic) bond motifs is 3. The Bertz CT molecular complexity index is 1250. The molecule has 7 heteroatoms. The third-order valence-corrected chi connectivity index (χ3v) is 6.75. The van der Waals surface area contributed by atoms with E-state index >= 15 is 0 Å². The topological polar surface area (TPSA) is 88.5 Å². The predicted molar refractivity (Wildman–Crippen MR) is 119 cm³/mol. The van der Waals surface area contributed by atoms with E-state index in [4.69, 9.17) is 4.98 Å². The van der Waals surface area contributed by atoms with Crippen molar-refractivity contribution in [1.29, 1.82) is 0 Å². The van der Waals surface area contributed by atoms with E-state index in [2.05, 4.69) is 25.1 Å². The fourth-order valence-electron chi connectivity index (χ4n) is 5.24. The maximum atomic E-state index is 13.3. The summed E-state index contributed by atoms with van der Waals surface area (Å²) in [7, 11) is 0. The van der Waals surface area contributed by atoms with Crippen LogP contribution in [0, 0.1) is 0 Å². The summed E-state index contributed by atoms with van der Waals surface area (Å²) in [5, 5.41) is 8.70. The number of pyridine rings is 1. The van der Waals surface area contributed by atoms with Gasteiger partial charge in [0, 0.05) is 18.7 Å². The molecule has 4 aromatic rings. The molecule has 0 unspecified atom stereocenters. The summed E-state index contributed by atoms with van der Waals surface area (Å²) >= 11 is 0. The van der Waals surface area contributed by atoms with Gasteiger partial charge in [0.1, 0.15) is 5.82 Å². The monoisotopic (exact) mass is 414 g/mol. The van der Waals surface area contributed by atoms with Crippen LogP contribution in [-0.4, -0.2) is 37.2 Å². The Morgan fingerprint density at radius 1 is 1.13 bits per heavy atom. The van der Waals surface area contributed by atoms with Gasteiger partial charge < -0.3 is 10.3 Å². The van der Waals surface area contributed by atoms with Crippen LogP contribution in [0.3, 0.4) is 0 Å². The molecule has 0 spiro atoms. The number of aromatic nitrogens is 5. The molecule has 6 rings (SSSR count). The largest absolute Gasteiger partial charge is 0.352 e. The van der Waals surface area contributed by atoms with E-state index in [1.165, 1.54) is 12.8 Å². The van der Waals surface area contributed by atoms with Crippen molar-refractivity contribution in [3.63, 3.8) is 0 Å². The van der Waals surface area contributed by atoms with E-state index in [1.807, 2.05) is 30.5 Å². The molecule has 0 aliphatic heterocycles. The van der Waals surface area contributed by atoms with Crippen molar-refractivity contribution in [2.75, 3.05) is 6.54 Å². The number of para-hydroxylation sites is 2. The van der Waals surface area contributed by atoms with Crippen LogP contribution < -0.4 is 5.32 Å². The second-order valence-corrected chi connectivity index (χ2v) is 8.74. The number of H-pyrrole nitrogens is 1. The van der Waals surface area contributed by atoms with Gasteiger partial charge in [-0.2, -0.15) is 5.10 Å². The van der Waals surface area contributed by atoms with Crippen LogP contribution in [0.1, 0.15) is 65.6 Å². The number of aromatic amines is 1. The number of carbonyl (C=O) groups is 1. The molecular formula is C24H26N6O. The molecule has 3 heterocycles. The van der Waals surface area contributed by atoms with Gasteiger partial charge >= 0.3 is 0 Å². The van der Waals surface area contributed by atoms with E-state index in [-0.39, 0.29) is 5.91 Å². The van der Waals surface area contributed by atoms with Gasteiger partial charge in [-0.15, -0.1) is 0 Å². The fraction of sp³-hybridized carbons (Fsp3) is 0.417. The Morgan fingerprint density at radius 2 is 2.00 bits per heavy atom. The van der Waals surface area contributed by atoms with E-state index in [1.54, 1.807) is 0 Å². The first-order valence-corrected chi connectivity index (χ1v) is 11.4. The summed E-state index contributed by atoms with van der Waals surface area (Å²) in [6.07, 6.45) is 10.2. The molecule has 3 aromatic heterocycles. The van der Waals surface area contributed by atoms with Crippen molar-refractivity contribution >= 4 is 28.0 Å². The molecule has 2 aliphatic rings. The summed E-state index contributed by atoms with van der Waals surface area (Å²) in [6.45, 7) is 0.536.